The molecule has 0 aliphatic heterocycles. The number of nitrogens with zero attached hydrogens (tertiary/aromatic N) is 3. The molecule has 1 heterocycles. The van der Waals surface area contributed by atoms with Gasteiger partial charge in [-0.15, -0.1) is 0 Å². The topological polar surface area (TPSA) is 93.5 Å². The maximum Gasteiger partial charge on any atom is 0.357 e. The number of imidazole rings is 1. The number of para-hydroxylation sites is 1. The maximum absolute atomic E-state index is 12.6. The summed E-state index contributed by atoms with van der Waals surface area (Å²) in [6.45, 7) is 4.98. The number of aromatic nitrogens is 2. The number of rotatable bonds is 7. The lowest BCUT2D eigenvalue weighted by molar-refractivity contribution is -0.137. The molecule has 29 heavy (non-hydrogen) atoms. The Morgan fingerprint density at radius 2 is 1.86 bits per heavy atom. The van der Waals surface area contributed by atoms with Gasteiger partial charge in [-0.2, -0.15) is 0 Å². The lowest BCUT2D eigenvalue weighted by Gasteiger charge is -2.23. The molecule has 0 saturated heterocycles. The molecule has 2 amide bonds. The molecule has 0 aliphatic rings. The molecule has 0 aliphatic carbocycles. The van der Waals surface area contributed by atoms with Crippen LogP contribution in [0.15, 0.2) is 41.7 Å². The van der Waals surface area contributed by atoms with Gasteiger partial charge in [0.15, 0.2) is 17.5 Å². The second-order valence-electron chi connectivity index (χ2n) is 7.43. The van der Waals surface area contributed by atoms with Crippen LogP contribution in [-0.4, -0.2) is 64.2 Å². The first-order valence-electron chi connectivity index (χ1n) is 9.01. The fraction of sp³-hybridized carbons (Fsp3) is 0.400. The second-order valence-corrected chi connectivity index (χ2v) is 8.20. The molecule has 0 fully saturated rings. The zero-order valence-electron chi connectivity index (χ0n) is 17.3. The monoisotopic (exact) mass is 418 g/mol. The van der Waals surface area contributed by atoms with Crippen LogP contribution in [0.1, 0.15) is 31.3 Å². The van der Waals surface area contributed by atoms with E-state index in [9.17, 15) is 14.4 Å². The summed E-state index contributed by atoms with van der Waals surface area (Å²) in [4.78, 5) is 42.2. The smallest absolute Gasteiger partial charge is 0.357 e. The van der Waals surface area contributed by atoms with Crippen molar-refractivity contribution in [2.45, 2.75) is 31.5 Å². The van der Waals surface area contributed by atoms with Crippen LogP contribution in [0.2, 0.25) is 0 Å². The molecule has 8 nitrogen and oxygen atoms in total. The first-order chi connectivity index (χ1) is 13.6. The Hall–Kier alpha value is -2.81. The quantitative estimate of drug-likeness (QED) is 0.547. The van der Waals surface area contributed by atoms with Crippen molar-refractivity contribution >= 4 is 29.5 Å². The number of hydrogen-bond acceptors (Lipinski definition) is 6. The van der Waals surface area contributed by atoms with Gasteiger partial charge in [-0.05, 0) is 39.2 Å². The summed E-state index contributed by atoms with van der Waals surface area (Å²) in [5.41, 5.74) is 0.600. The molecule has 156 valence electrons. The highest BCUT2D eigenvalue weighted by Gasteiger charge is 2.22. The molecule has 0 atom stereocenters. The number of likely N-dealkylation sites (N-methyl/N-ethyl adjacent to an activating group) is 1. The van der Waals surface area contributed by atoms with Crippen LogP contribution in [0.5, 0.6) is 0 Å². The first kappa shape index (κ1) is 22.5. The van der Waals surface area contributed by atoms with Gasteiger partial charge in [0.1, 0.15) is 0 Å². The Morgan fingerprint density at radius 1 is 1.21 bits per heavy atom. The van der Waals surface area contributed by atoms with Gasteiger partial charge in [0, 0.05) is 18.3 Å². The van der Waals surface area contributed by atoms with Crippen LogP contribution < -0.4 is 5.32 Å². The van der Waals surface area contributed by atoms with Gasteiger partial charge in [0.2, 0.25) is 5.91 Å². The van der Waals surface area contributed by atoms with E-state index < -0.39 is 24.0 Å². The highest BCUT2D eigenvalue weighted by Crippen LogP contribution is 2.22. The molecule has 1 aromatic heterocycles. The van der Waals surface area contributed by atoms with Crippen molar-refractivity contribution in [1.29, 1.82) is 0 Å². The predicted molar refractivity (Wildman–Crippen MR) is 111 cm³/mol. The van der Waals surface area contributed by atoms with Crippen molar-refractivity contribution in [1.82, 2.24) is 19.8 Å². The van der Waals surface area contributed by atoms with E-state index in [-0.39, 0.29) is 18.1 Å². The highest BCUT2D eigenvalue weighted by atomic mass is 32.2. The molecule has 0 radical (unpaired) electrons. The molecule has 2 rings (SSSR count). The Kier molecular flexibility index (Phi) is 7.44. The number of benzene rings is 1. The average molecular weight is 419 g/mol. The van der Waals surface area contributed by atoms with E-state index in [1.165, 1.54) is 29.9 Å². The maximum atomic E-state index is 12.6. The third kappa shape index (κ3) is 6.35. The molecule has 9 heteroatoms. The Balaban J connectivity index is 2.02. The van der Waals surface area contributed by atoms with Crippen LogP contribution in [0.4, 0.5) is 0 Å². The number of carbonyl (C=O) groups is 3. The molecule has 1 N–H and O–H groups in total. The van der Waals surface area contributed by atoms with E-state index in [4.69, 9.17) is 4.74 Å². The normalized spacial score (nSPS) is 11.1. The predicted octanol–water partition coefficient (Wildman–Crippen LogP) is 2.12. The number of ether oxygens (including phenoxy) is 1. The number of esters is 1. The molecule has 2 aromatic rings. The SMILES string of the molecule is CSc1ncc(C(=O)OCC(=O)N(C)CC(=O)NC(C)(C)C)n1-c1ccccc1. The summed E-state index contributed by atoms with van der Waals surface area (Å²) in [5, 5.41) is 3.41. The Morgan fingerprint density at radius 3 is 2.45 bits per heavy atom. The highest BCUT2D eigenvalue weighted by molar-refractivity contribution is 7.98. The minimum Gasteiger partial charge on any atom is -0.451 e. The van der Waals surface area contributed by atoms with E-state index in [0.717, 1.165) is 5.69 Å². The molecule has 0 bridgehead atoms. The Labute approximate surface area is 174 Å². The van der Waals surface area contributed by atoms with Crippen molar-refractivity contribution in [3.8, 4) is 5.69 Å². The van der Waals surface area contributed by atoms with Crippen molar-refractivity contribution in [2.24, 2.45) is 0 Å². The van der Waals surface area contributed by atoms with Crippen LogP contribution in [-0.2, 0) is 14.3 Å². The van der Waals surface area contributed by atoms with Crippen molar-refractivity contribution in [3.63, 3.8) is 0 Å². The fourth-order valence-electron chi connectivity index (χ4n) is 2.52. The van der Waals surface area contributed by atoms with Gasteiger partial charge >= 0.3 is 5.97 Å². The minimum absolute atomic E-state index is 0.119. The van der Waals surface area contributed by atoms with Gasteiger partial charge in [-0.1, -0.05) is 30.0 Å². The number of nitrogens with one attached hydrogen (secondary N) is 1. The van der Waals surface area contributed by atoms with E-state index >= 15 is 0 Å². The van der Waals surface area contributed by atoms with Gasteiger partial charge < -0.3 is 15.0 Å². The number of carbonyl (C=O) groups excluding carboxylic acids is 3. The summed E-state index contributed by atoms with van der Waals surface area (Å²) in [6.07, 6.45) is 3.28. The van der Waals surface area contributed by atoms with Gasteiger partial charge in [0.25, 0.3) is 5.91 Å². The molecule has 0 saturated carbocycles. The van der Waals surface area contributed by atoms with Crippen molar-refractivity contribution in [2.75, 3.05) is 26.5 Å². The molecular formula is C20H26N4O4S. The fourth-order valence-corrected chi connectivity index (χ4v) is 3.07. The molecular weight excluding hydrogens is 392 g/mol. The third-order valence-electron chi connectivity index (χ3n) is 3.78. The lowest BCUT2D eigenvalue weighted by atomic mass is 10.1. The van der Waals surface area contributed by atoms with Crippen molar-refractivity contribution < 1.29 is 19.1 Å². The van der Waals surface area contributed by atoms with Crippen LogP contribution in [0.25, 0.3) is 5.69 Å². The minimum atomic E-state index is -0.664. The zero-order valence-corrected chi connectivity index (χ0v) is 18.1. The summed E-state index contributed by atoms with van der Waals surface area (Å²) < 4.78 is 6.86. The van der Waals surface area contributed by atoms with Crippen LogP contribution in [0, 0.1) is 0 Å². The van der Waals surface area contributed by atoms with Crippen LogP contribution in [0.3, 0.4) is 0 Å². The number of amides is 2. The van der Waals surface area contributed by atoms with Gasteiger partial charge in [-0.3, -0.25) is 14.2 Å². The van der Waals surface area contributed by atoms with E-state index in [0.29, 0.717) is 5.16 Å². The number of thioether (sulfide) groups is 1. The van der Waals surface area contributed by atoms with E-state index in [1.807, 2.05) is 57.4 Å². The Bertz CT molecular complexity index is 874. The van der Waals surface area contributed by atoms with E-state index in [2.05, 4.69) is 10.3 Å². The third-order valence-corrected chi connectivity index (χ3v) is 4.44. The van der Waals surface area contributed by atoms with E-state index in [1.54, 1.807) is 4.57 Å². The van der Waals surface area contributed by atoms with Crippen LogP contribution >= 0.6 is 11.8 Å². The van der Waals surface area contributed by atoms with Gasteiger partial charge in [-0.25, -0.2) is 9.78 Å². The molecule has 0 spiro atoms. The second kappa shape index (κ2) is 9.60. The summed E-state index contributed by atoms with van der Waals surface area (Å²) >= 11 is 1.39. The number of hydrogen-bond donors (Lipinski definition) is 1. The standard InChI is InChI=1S/C20H26N4O4S/c1-20(2,3)22-16(25)12-23(4)17(26)13-28-18(27)15-11-21-19(29-5)24(15)14-9-7-6-8-10-14/h6-11H,12-13H2,1-5H3,(H,22,25). The largest absolute Gasteiger partial charge is 0.451 e. The molecule has 0 unspecified atom stereocenters. The van der Waals surface area contributed by atoms with Crippen molar-refractivity contribution in [3.05, 3.63) is 42.2 Å². The first-order valence-corrected chi connectivity index (χ1v) is 10.2. The van der Waals surface area contributed by atoms with Gasteiger partial charge in [0.05, 0.1) is 12.7 Å². The summed E-state index contributed by atoms with van der Waals surface area (Å²) in [5.74, 6) is -1.42. The lowest BCUT2D eigenvalue weighted by Crippen LogP contribution is -2.46. The summed E-state index contributed by atoms with van der Waals surface area (Å²) in [7, 11) is 1.48. The summed E-state index contributed by atoms with van der Waals surface area (Å²) in [6, 6.07) is 9.29. The zero-order chi connectivity index (χ0) is 21.6. The average Bonchev–Trinajstić information content (AvgIpc) is 3.09. The molecule has 1 aromatic carbocycles.